The second-order valence-corrected chi connectivity index (χ2v) is 5.47. The summed E-state index contributed by atoms with van der Waals surface area (Å²) in [6, 6.07) is 7.16. The maximum absolute atomic E-state index is 9.24. The number of guanidine groups is 1. The first-order chi connectivity index (χ1) is 9.76. The summed E-state index contributed by atoms with van der Waals surface area (Å²) in [6.07, 6.45) is 4.52. The van der Waals surface area contributed by atoms with E-state index in [2.05, 4.69) is 28.8 Å². The minimum Gasteiger partial charge on any atom is -0.508 e. The lowest BCUT2D eigenvalue weighted by Crippen LogP contribution is -2.37. The monoisotopic (exact) mass is 423 g/mol. The van der Waals surface area contributed by atoms with E-state index in [1.54, 1.807) is 12.1 Å². The number of nitrogens with zero attached hydrogens (tertiary/aromatic N) is 1. The predicted molar refractivity (Wildman–Crippen MR) is 104 cm³/mol. The molecule has 0 atom stereocenters. The van der Waals surface area contributed by atoms with Crippen molar-refractivity contribution in [2.75, 3.05) is 25.1 Å². The van der Waals surface area contributed by atoms with Crippen molar-refractivity contribution in [3.63, 3.8) is 0 Å². The van der Waals surface area contributed by atoms with Gasteiger partial charge in [0.25, 0.3) is 0 Å². The summed E-state index contributed by atoms with van der Waals surface area (Å²) in [7, 11) is 0. The normalized spacial score (nSPS) is 10.9. The van der Waals surface area contributed by atoms with E-state index in [0.717, 1.165) is 31.0 Å². The van der Waals surface area contributed by atoms with E-state index in [-0.39, 0.29) is 29.7 Å². The van der Waals surface area contributed by atoms with Crippen LogP contribution in [0, 0.1) is 0 Å². The Labute approximate surface area is 149 Å². The summed E-state index contributed by atoms with van der Waals surface area (Å²) in [5, 5.41) is 15.8. The van der Waals surface area contributed by atoms with Crippen LogP contribution in [-0.4, -0.2) is 36.2 Å². The van der Waals surface area contributed by atoms with Crippen molar-refractivity contribution in [2.24, 2.45) is 4.99 Å². The van der Waals surface area contributed by atoms with Gasteiger partial charge in [-0.3, -0.25) is 0 Å². The van der Waals surface area contributed by atoms with Crippen LogP contribution < -0.4 is 10.6 Å². The number of thioether (sulfide) groups is 1. The molecule has 1 rings (SSSR count). The minimum atomic E-state index is 0. The van der Waals surface area contributed by atoms with Gasteiger partial charge in [-0.2, -0.15) is 11.8 Å². The quantitative estimate of drug-likeness (QED) is 0.260. The largest absolute Gasteiger partial charge is 0.508 e. The molecule has 0 radical (unpaired) electrons. The van der Waals surface area contributed by atoms with Crippen molar-refractivity contribution < 1.29 is 5.11 Å². The summed E-state index contributed by atoms with van der Waals surface area (Å²) < 4.78 is 0. The van der Waals surface area contributed by atoms with Gasteiger partial charge in [0, 0.05) is 13.1 Å². The number of nitrogens with one attached hydrogen (secondary N) is 2. The molecule has 0 fully saturated rings. The van der Waals surface area contributed by atoms with Crippen LogP contribution in [0.4, 0.5) is 0 Å². The van der Waals surface area contributed by atoms with Gasteiger partial charge in [0.05, 0.1) is 6.54 Å². The molecule has 3 N–H and O–H groups in total. The molecule has 0 aliphatic carbocycles. The zero-order chi connectivity index (χ0) is 14.6. The Balaban J connectivity index is 0.00000400. The van der Waals surface area contributed by atoms with Crippen LogP contribution in [0.15, 0.2) is 29.3 Å². The number of aromatic hydroxyl groups is 1. The third-order valence-electron chi connectivity index (χ3n) is 2.77. The molecule has 0 spiro atoms. The van der Waals surface area contributed by atoms with E-state index < -0.39 is 0 Å². The standard InChI is InChI=1S/C15H25N3OS.HI/c1-3-16-15(17-10-4-5-11-20-2)18-12-13-6-8-14(19)9-7-13;/h6-9,19H,3-5,10-12H2,1-2H3,(H2,16,17,18);1H. The highest BCUT2D eigenvalue weighted by atomic mass is 127. The third-order valence-corrected chi connectivity index (χ3v) is 3.46. The van der Waals surface area contributed by atoms with Gasteiger partial charge in [-0.05, 0) is 49.5 Å². The van der Waals surface area contributed by atoms with E-state index in [1.165, 1.54) is 12.2 Å². The number of unbranched alkanes of at least 4 members (excludes halogenated alkanes) is 1. The Morgan fingerprint density at radius 2 is 1.90 bits per heavy atom. The summed E-state index contributed by atoms with van der Waals surface area (Å²) in [5.74, 6) is 2.35. The molecule has 0 amide bonds. The second kappa shape index (κ2) is 13.1. The van der Waals surface area contributed by atoms with Crippen molar-refractivity contribution in [1.29, 1.82) is 0 Å². The van der Waals surface area contributed by atoms with Gasteiger partial charge in [0.15, 0.2) is 5.96 Å². The van der Waals surface area contributed by atoms with E-state index in [4.69, 9.17) is 0 Å². The Morgan fingerprint density at radius 1 is 1.19 bits per heavy atom. The Morgan fingerprint density at radius 3 is 2.52 bits per heavy atom. The maximum Gasteiger partial charge on any atom is 0.191 e. The van der Waals surface area contributed by atoms with Gasteiger partial charge >= 0.3 is 0 Å². The molecule has 0 aromatic heterocycles. The van der Waals surface area contributed by atoms with Gasteiger partial charge in [0.1, 0.15) is 5.75 Å². The Bertz CT molecular complexity index is 398. The first-order valence-corrected chi connectivity index (χ1v) is 8.44. The van der Waals surface area contributed by atoms with Gasteiger partial charge in [0.2, 0.25) is 0 Å². The molecule has 0 aliphatic rings. The minimum absolute atomic E-state index is 0. The van der Waals surface area contributed by atoms with Crippen molar-refractivity contribution in [3.05, 3.63) is 29.8 Å². The maximum atomic E-state index is 9.24. The number of aliphatic imine (C=N–C) groups is 1. The number of hydrogen-bond acceptors (Lipinski definition) is 3. The summed E-state index contributed by atoms with van der Waals surface area (Å²) in [4.78, 5) is 4.54. The summed E-state index contributed by atoms with van der Waals surface area (Å²) >= 11 is 1.89. The molecule has 0 unspecified atom stereocenters. The van der Waals surface area contributed by atoms with Crippen molar-refractivity contribution in [2.45, 2.75) is 26.3 Å². The predicted octanol–water partition coefficient (Wildman–Crippen LogP) is 3.21. The third kappa shape index (κ3) is 9.84. The molecule has 120 valence electrons. The van der Waals surface area contributed by atoms with E-state index in [1.807, 2.05) is 23.9 Å². The number of halogens is 1. The summed E-state index contributed by atoms with van der Waals surface area (Å²) in [5.41, 5.74) is 1.09. The Kier molecular flexibility index (Phi) is 12.7. The van der Waals surface area contributed by atoms with Crippen LogP contribution in [0.1, 0.15) is 25.3 Å². The number of rotatable bonds is 8. The van der Waals surface area contributed by atoms with E-state index in [0.29, 0.717) is 6.54 Å². The fourth-order valence-electron chi connectivity index (χ4n) is 1.69. The SMILES string of the molecule is CCNC(=NCc1ccc(O)cc1)NCCCCSC.I. The average molecular weight is 423 g/mol. The fraction of sp³-hybridized carbons (Fsp3) is 0.533. The molecule has 0 saturated heterocycles. The molecule has 0 saturated carbocycles. The van der Waals surface area contributed by atoms with Gasteiger partial charge < -0.3 is 15.7 Å². The number of phenols is 1. The lowest BCUT2D eigenvalue weighted by Gasteiger charge is -2.11. The molecule has 21 heavy (non-hydrogen) atoms. The smallest absolute Gasteiger partial charge is 0.191 e. The fourth-order valence-corrected chi connectivity index (χ4v) is 2.18. The zero-order valence-corrected chi connectivity index (χ0v) is 15.9. The molecule has 1 aromatic carbocycles. The lowest BCUT2D eigenvalue weighted by molar-refractivity contribution is 0.475. The topological polar surface area (TPSA) is 56.7 Å². The molecule has 0 bridgehead atoms. The first kappa shape index (κ1) is 20.4. The first-order valence-electron chi connectivity index (χ1n) is 7.05. The molecule has 6 heteroatoms. The number of hydrogen-bond donors (Lipinski definition) is 3. The molecule has 0 aliphatic heterocycles. The van der Waals surface area contributed by atoms with Crippen LogP contribution in [-0.2, 0) is 6.54 Å². The van der Waals surface area contributed by atoms with Gasteiger partial charge in [-0.25, -0.2) is 4.99 Å². The van der Waals surface area contributed by atoms with Crippen LogP contribution >= 0.6 is 35.7 Å². The molecule has 1 aromatic rings. The Hall–Kier alpha value is -0.630. The highest BCUT2D eigenvalue weighted by Crippen LogP contribution is 2.10. The average Bonchev–Trinajstić information content (AvgIpc) is 2.46. The van der Waals surface area contributed by atoms with E-state index >= 15 is 0 Å². The highest BCUT2D eigenvalue weighted by molar-refractivity contribution is 14.0. The molecule has 4 nitrogen and oxygen atoms in total. The van der Waals surface area contributed by atoms with Crippen LogP contribution in [0.5, 0.6) is 5.75 Å². The zero-order valence-electron chi connectivity index (χ0n) is 12.8. The number of benzene rings is 1. The van der Waals surface area contributed by atoms with Crippen molar-refractivity contribution in [1.82, 2.24) is 10.6 Å². The van der Waals surface area contributed by atoms with Crippen molar-refractivity contribution in [3.8, 4) is 5.75 Å². The highest BCUT2D eigenvalue weighted by Gasteiger charge is 1.97. The molecule has 0 heterocycles. The molecular weight excluding hydrogens is 397 g/mol. The number of phenolic OH excluding ortho intramolecular Hbond substituents is 1. The molecular formula is C15H26IN3OS. The van der Waals surface area contributed by atoms with Crippen LogP contribution in [0.3, 0.4) is 0 Å². The lowest BCUT2D eigenvalue weighted by atomic mass is 10.2. The van der Waals surface area contributed by atoms with E-state index in [9.17, 15) is 5.11 Å². The van der Waals surface area contributed by atoms with Gasteiger partial charge in [-0.1, -0.05) is 12.1 Å². The second-order valence-electron chi connectivity index (χ2n) is 4.49. The van der Waals surface area contributed by atoms with Crippen LogP contribution in [0.2, 0.25) is 0 Å². The summed E-state index contributed by atoms with van der Waals surface area (Å²) in [6.45, 7) is 4.47. The van der Waals surface area contributed by atoms with Gasteiger partial charge in [-0.15, -0.1) is 24.0 Å². The van der Waals surface area contributed by atoms with Crippen LogP contribution in [0.25, 0.3) is 0 Å². The van der Waals surface area contributed by atoms with Crippen molar-refractivity contribution >= 4 is 41.7 Å².